The average Bonchev–Trinajstić information content (AvgIpc) is 2.32. The Morgan fingerprint density at radius 2 is 1.60 bits per heavy atom. The molecule has 1 aliphatic carbocycles. The largest absolute Gasteiger partial charge is 0.316 e. The molecule has 0 radical (unpaired) electrons. The van der Waals surface area contributed by atoms with Crippen molar-refractivity contribution < 1.29 is 0 Å². The van der Waals surface area contributed by atoms with Gasteiger partial charge in [-0.25, -0.2) is 0 Å². The number of hydrogen-bond acceptors (Lipinski definition) is 1. The van der Waals surface area contributed by atoms with Crippen LogP contribution in [0.1, 0.15) is 65.5 Å². The van der Waals surface area contributed by atoms with Crippen molar-refractivity contribution in [2.24, 2.45) is 5.41 Å². The molecule has 0 bridgehead atoms. The molecule has 112 valence electrons. The van der Waals surface area contributed by atoms with Crippen LogP contribution in [0, 0.1) is 5.41 Å². The third kappa shape index (κ3) is 3.09. The van der Waals surface area contributed by atoms with Gasteiger partial charge in [-0.15, -0.1) is 0 Å². The fourth-order valence-corrected chi connectivity index (χ4v) is 3.90. The first-order valence-corrected chi connectivity index (χ1v) is 8.00. The lowest BCUT2D eigenvalue weighted by Crippen LogP contribution is -2.52. The van der Waals surface area contributed by atoms with Gasteiger partial charge >= 0.3 is 0 Å². The quantitative estimate of drug-likeness (QED) is 0.842. The third-order valence-electron chi connectivity index (χ3n) is 4.71. The summed E-state index contributed by atoms with van der Waals surface area (Å²) >= 11 is 0. The normalized spacial score (nSPS) is 20.5. The van der Waals surface area contributed by atoms with Crippen molar-refractivity contribution in [2.75, 3.05) is 13.1 Å². The molecule has 1 fully saturated rings. The van der Waals surface area contributed by atoms with Crippen LogP contribution in [0.5, 0.6) is 0 Å². The van der Waals surface area contributed by atoms with Crippen LogP contribution in [0.4, 0.5) is 0 Å². The van der Waals surface area contributed by atoms with E-state index in [4.69, 9.17) is 0 Å². The average molecular weight is 273 g/mol. The summed E-state index contributed by atoms with van der Waals surface area (Å²) in [6, 6.07) is 9.39. The van der Waals surface area contributed by atoms with E-state index in [1.807, 2.05) is 0 Å². The molecule has 0 aromatic heterocycles. The van der Waals surface area contributed by atoms with Gasteiger partial charge in [0.2, 0.25) is 0 Å². The molecule has 1 aromatic carbocycles. The summed E-state index contributed by atoms with van der Waals surface area (Å²) in [5, 5.41) is 3.57. The van der Waals surface area contributed by atoms with Gasteiger partial charge in [0, 0.05) is 12.0 Å². The summed E-state index contributed by atoms with van der Waals surface area (Å²) in [7, 11) is 0. The SMILES string of the molecule is CCNCC1(c2ccc(C(C)(C)C)cc2)CC(C)(C)C1. The number of likely N-dealkylation sites (N-methyl/N-ethyl adjacent to an activating group) is 1. The Bertz CT molecular complexity index is 440. The predicted molar refractivity (Wildman–Crippen MR) is 88.4 cm³/mol. The van der Waals surface area contributed by atoms with E-state index in [-0.39, 0.29) is 5.41 Å². The van der Waals surface area contributed by atoms with Gasteiger partial charge in [0.1, 0.15) is 0 Å². The summed E-state index contributed by atoms with van der Waals surface area (Å²) in [5.41, 5.74) is 4.05. The molecule has 0 saturated heterocycles. The van der Waals surface area contributed by atoms with Crippen molar-refractivity contribution >= 4 is 0 Å². The summed E-state index contributed by atoms with van der Waals surface area (Å²) < 4.78 is 0. The molecule has 20 heavy (non-hydrogen) atoms. The van der Waals surface area contributed by atoms with Crippen molar-refractivity contribution in [3.8, 4) is 0 Å². The van der Waals surface area contributed by atoms with Gasteiger partial charge in [-0.1, -0.05) is 65.8 Å². The topological polar surface area (TPSA) is 12.0 Å². The second-order valence-electron chi connectivity index (χ2n) is 8.41. The summed E-state index contributed by atoms with van der Waals surface area (Å²) in [6.45, 7) is 16.0. The van der Waals surface area contributed by atoms with Crippen molar-refractivity contribution in [3.63, 3.8) is 0 Å². The van der Waals surface area contributed by atoms with Crippen molar-refractivity contribution in [3.05, 3.63) is 35.4 Å². The smallest absolute Gasteiger partial charge is 0.00879 e. The Hall–Kier alpha value is -0.820. The maximum Gasteiger partial charge on any atom is 0.00879 e. The molecular weight excluding hydrogens is 242 g/mol. The van der Waals surface area contributed by atoms with Crippen LogP contribution in [-0.2, 0) is 10.8 Å². The first-order chi connectivity index (χ1) is 9.19. The molecule has 0 heterocycles. The minimum absolute atomic E-state index is 0.242. The standard InChI is InChI=1S/C19H31N/c1-7-20-14-19(12-18(5,6)13-19)16-10-8-15(9-11-16)17(2,3)4/h8-11,20H,7,12-14H2,1-6H3. The number of nitrogens with one attached hydrogen (secondary N) is 1. The lowest BCUT2D eigenvalue weighted by molar-refractivity contribution is 0.0567. The van der Waals surface area contributed by atoms with E-state index in [2.05, 4.69) is 71.1 Å². The highest BCUT2D eigenvalue weighted by molar-refractivity contribution is 5.35. The second kappa shape index (κ2) is 5.18. The number of hydrogen-bond donors (Lipinski definition) is 1. The zero-order valence-corrected chi connectivity index (χ0v) is 14.1. The van der Waals surface area contributed by atoms with E-state index < -0.39 is 0 Å². The van der Waals surface area contributed by atoms with E-state index in [9.17, 15) is 0 Å². The predicted octanol–water partition coefficient (Wildman–Crippen LogP) is 4.65. The Morgan fingerprint density at radius 1 is 1.05 bits per heavy atom. The van der Waals surface area contributed by atoms with E-state index >= 15 is 0 Å². The van der Waals surface area contributed by atoms with Gasteiger partial charge < -0.3 is 5.32 Å². The zero-order valence-electron chi connectivity index (χ0n) is 14.1. The van der Waals surface area contributed by atoms with E-state index in [0.717, 1.165) is 13.1 Å². The van der Waals surface area contributed by atoms with Crippen LogP contribution in [0.15, 0.2) is 24.3 Å². The molecule has 0 amide bonds. The highest BCUT2D eigenvalue weighted by Crippen LogP contribution is 2.55. The van der Waals surface area contributed by atoms with E-state index in [1.165, 1.54) is 24.0 Å². The molecule has 1 nitrogen and oxygen atoms in total. The Balaban J connectivity index is 2.22. The molecule has 0 spiro atoms. The first kappa shape index (κ1) is 15.6. The van der Waals surface area contributed by atoms with Gasteiger partial charge in [-0.05, 0) is 41.3 Å². The lowest BCUT2D eigenvalue weighted by atomic mass is 9.52. The Morgan fingerprint density at radius 3 is 2.00 bits per heavy atom. The molecule has 1 heteroatoms. The molecule has 1 aliphatic rings. The summed E-state index contributed by atoms with van der Waals surface area (Å²) in [6.07, 6.45) is 2.59. The Labute approximate surface area is 125 Å². The van der Waals surface area contributed by atoms with Gasteiger partial charge in [0.05, 0.1) is 0 Å². The summed E-state index contributed by atoms with van der Waals surface area (Å²) in [4.78, 5) is 0. The first-order valence-electron chi connectivity index (χ1n) is 8.00. The molecule has 2 rings (SSSR count). The van der Waals surface area contributed by atoms with Gasteiger partial charge in [0.15, 0.2) is 0 Å². The fraction of sp³-hybridized carbons (Fsp3) is 0.684. The summed E-state index contributed by atoms with van der Waals surface area (Å²) in [5.74, 6) is 0. The van der Waals surface area contributed by atoms with Gasteiger partial charge in [-0.2, -0.15) is 0 Å². The minimum atomic E-state index is 0.242. The molecule has 0 unspecified atom stereocenters. The number of rotatable bonds is 4. The minimum Gasteiger partial charge on any atom is -0.316 e. The lowest BCUT2D eigenvalue weighted by Gasteiger charge is -2.54. The van der Waals surface area contributed by atoms with Crippen molar-refractivity contribution in [1.82, 2.24) is 5.32 Å². The third-order valence-corrected chi connectivity index (χ3v) is 4.71. The van der Waals surface area contributed by atoms with Crippen LogP contribution in [0.2, 0.25) is 0 Å². The maximum absolute atomic E-state index is 3.57. The van der Waals surface area contributed by atoms with E-state index in [1.54, 1.807) is 0 Å². The molecule has 1 N–H and O–H groups in total. The van der Waals surface area contributed by atoms with Crippen LogP contribution >= 0.6 is 0 Å². The van der Waals surface area contributed by atoms with Crippen LogP contribution in [-0.4, -0.2) is 13.1 Å². The fourth-order valence-electron chi connectivity index (χ4n) is 3.90. The molecule has 1 saturated carbocycles. The van der Waals surface area contributed by atoms with Crippen molar-refractivity contribution in [1.29, 1.82) is 0 Å². The number of benzene rings is 1. The van der Waals surface area contributed by atoms with Gasteiger partial charge in [0.25, 0.3) is 0 Å². The molecule has 1 aromatic rings. The molecular formula is C19H31N. The second-order valence-corrected chi connectivity index (χ2v) is 8.41. The monoisotopic (exact) mass is 273 g/mol. The van der Waals surface area contributed by atoms with Crippen LogP contribution in [0.3, 0.4) is 0 Å². The zero-order chi connectivity index (χ0) is 15.0. The Kier molecular flexibility index (Phi) is 4.03. The van der Waals surface area contributed by atoms with E-state index in [0.29, 0.717) is 10.8 Å². The highest BCUT2D eigenvalue weighted by atomic mass is 14.9. The molecule has 0 atom stereocenters. The van der Waals surface area contributed by atoms with Gasteiger partial charge in [-0.3, -0.25) is 0 Å². The maximum atomic E-state index is 3.57. The highest BCUT2D eigenvalue weighted by Gasteiger charge is 2.49. The van der Waals surface area contributed by atoms with Crippen LogP contribution in [0.25, 0.3) is 0 Å². The van der Waals surface area contributed by atoms with Crippen LogP contribution < -0.4 is 5.32 Å². The van der Waals surface area contributed by atoms with Crippen molar-refractivity contribution in [2.45, 2.75) is 65.2 Å². The molecule has 0 aliphatic heterocycles.